The molecule has 0 saturated carbocycles. The molecule has 1 N–H and O–H groups in total. The lowest BCUT2D eigenvalue weighted by molar-refractivity contribution is 0.0375. The number of nitrogens with one attached hydrogen (secondary N) is 1. The zero-order valence-corrected chi connectivity index (χ0v) is 19.2. The van der Waals surface area contributed by atoms with E-state index in [4.69, 9.17) is 14.5 Å². The van der Waals surface area contributed by atoms with E-state index in [9.17, 15) is 0 Å². The molecule has 0 spiro atoms. The van der Waals surface area contributed by atoms with Crippen LogP contribution in [0.5, 0.6) is 5.75 Å². The monoisotopic (exact) mass is 429 g/mol. The summed E-state index contributed by atoms with van der Waals surface area (Å²) in [6.07, 6.45) is 1.05. The highest BCUT2D eigenvalue weighted by atomic mass is 16.5. The van der Waals surface area contributed by atoms with E-state index in [1.165, 1.54) is 5.56 Å². The quantitative estimate of drug-likeness (QED) is 0.367. The molecule has 2 heterocycles. The van der Waals surface area contributed by atoms with Gasteiger partial charge in [-0.25, -0.2) is 4.99 Å². The van der Waals surface area contributed by atoms with Crippen molar-refractivity contribution in [2.45, 2.75) is 26.4 Å². The summed E-state index contributed by atoms with van der Waals surface area (Å²) in [4.78, 5) is 9.42. The molecular weight excluding hydrogens is 394 g/mol. The highest BCUT2D eigenvalue weighted by molar-refractivity contribution is 5.79. The number of guanidine groups is 1. The van der Waals surface area contributed by atoms with Gasteiger partial charge < -0.3 is 24.3 Å². The Morgan fingerprint density at radius 1 is 1.23 bits per heavy atom. The van der Waals surface area contributed by atoms with Crippen molar-refractivity contribution in [2.24, 2.45) is 12.0 Å². The molecule has 1 aliphatic heterocycles. The third kappa shape index (κ3) is 6.93. The van der Waals surface area contributed by atoms with Gasteiger partial charge in [-0.2, -0.15) is 0 Å². The molecule has 0 aliphatic carbocycles. The number of aliphatic imine (C=N–C) groups is 1. The molecule has 1 aromatic heterocycles. The van der Waals surface area contributed by atoms with E-state index >= 15 is 0 Å². The topological polar surface area (TPSA) is 80.0 Å². The average molecular weight is 430 g/mol. The van der Waals surface area contributed by atoms with Crippen molar-refractivity contribution < 1.29 is 9.47 Å². The third-order valence-corrected chi connectivity index (χ3v) is 5.53. The minimum atomic E-state index is 0.482. The fourth-order valence-corrected chi connectivity index (χ4v) is 3.45. The second-order valence-electron chi connectivity index (χ2n) is 7.80. The van der Waals surface area contributed by atoms with E-state index in [-0.39, 0.29) is 0 Å². The van der Waals surface area contributed by atoms with Gasteiger partial charge in [-0.3, -0.25) is 4.90 Å². The summed E-state index contributed by atoms with van der Waals surface area (Å²) in [5, 5.41) is 11.9. The van der Waals surface area contributed by atoms with Gasteiger partial charge in [0.25, 0.3) is 0 Å². The van der Waals surface area contributed by atoms with Gasteiger partial charge >= 0.3 is 0 Å². The van der Waals surface area contributed by atoms with E-state index < -0.39 is 0 Å². The van der Waals surface area contributed by atoms with Crippen molar-refractivity contribution in [3.63, 3.8) is 0 Å². The molecule has 2 aromatic rings. The average Bonchev–Trinajstić information content (AvgIpc) is 3.12. The number of benzene rings is 1. The van der Waals surface area contributed by atoms with Crippen molar-refractivity contribution >= 4 is 5.96 Å². The normalized spacial score (nSPS) is 15.2. The van der Waals surface area contributed by atoms with Gasteiger partial charge in [-0.15, -0.1) is 10.2 Å². The second kappa shape index (κ2) is 11.7. The van der Waals surface area contributed by atoms with E-state index in [1.54, 1.807) is 7.11 Å². The molecule has 9 nitrogen and oxygen atoms in total. The summed E-state index contributed by atoms with van der Waals surface area (Å²) < 4.78 is 12.7. The van der Waals surface area contributed by atoms with Gasteiger partial charge in [0, 0.05) is 40.3 Å². The first-order valence-electron chi connectivity index (χ1n) is 10.8. The van der Waals surface area contributed by atoms with E-state index in [1.807, 2.05) is 30.7 Å². The number of ether oxygens (including phenoxy) is 2. The Morgan fingerprint density at radius 3 is 2.61 bits per heavy atom. The molecule has 0 unspecified atom stereocenters. The van der Waals surface area contributed by atoms with Crippen molar-refractivity contribution in [3.8, 4) is 5.75 Å². The smallest absolute Gasteiger partial charge is 0.194 e. The molecule has 9 heteroatoms. The van der Waals surface area contributed by atoms with Crippen LogP contribution in [0.15, 0.2) is 29.3 Å². The molecular formula is C22H35N7O2. The van der Waals surface area contributed by atoms with Crippen LogP contribution < -0.4 is 10.1 Å². The fraction of sp³-hybridized carbons (Fsp3) is 0.591. The Balaban J connectivity index is 1.60. The summed E-state index contributed by atoms with van der Waals surface area (Å²) in [5.74, 6) is 3.46. The minimum Gasteiger partial charge on any atom is -0.497 e. The number of rotatable bonds is 9. The third-order valence-electron chi connectivity index (χ3n) is 5.53. The molecule has 1 saturated heterocycles. The Kier molecular flexibility index (Phi) is 8.66. The van der Waals surface area contributed by atoms with E-state index in [0.29, 0.717) is 6.54 Å². The predicted octanol–water partition coefficient (Wildman–Crippen LogP) is 1.43. The first-order chi connectivity index (χ1) is 15.1. The highest BCUT2D eigenvalue weighted by Crippen LogP contribution is 2.13. The number of methoxy groups -OCH3 is 1. The lowest BCUT2D eigenvalue weighted by Crippen LogP contribution is -2.41. The van der Waals surface area contributed by atoms with Crippen LogP contribution in [-0.4, -0.2) is 84.1 Å². The molecule has 1 fully saturated rings. The molecule has 170 valence electrons. The maximum atomic E-state index is 5.43. The summed E-state index contributed by atoms with van der Waals surface area (Å²) in [7, 11) is 5.71. The maximum absolute atomic E-state index is 5.43. The summed E-state index contributed by atoms with van der Waals surface area (Å²) >= 11 is 0. The number of aromatic nitrogens is 3. The molecule has 1 aliphatic rings. The van der Waals surface area contributed by atoms with Gasteiger partial charge in [-0.1, -0.05) is 12.1 Å². The van der Waals surface area contributed by atoms with Gasteiger partial charge in [0.15, 0.2) is 11.8 Å². The standard InChI is InChI=1S/C22H35N7O2/c1-18-25-26-21(28(18)3)16-24-22(23-10-5-11-29-12-14-31-15-13-29)27(2)17-19-6-8-20(30-4)9-7-19/h6-9H,5,10-17H2,1-4H3,(H,23,24). The van der Waals surface area contributed by atoms with Crippen LogP contribution in [0.3, 0.4) is 0 Å². The lowest BCUT2D eigenvalue weighted by Gasteiger charge is -2.27. The summed E-state index contributed by atoms with van der Waals surface area (Å²) in [5.41, 5.74) is 1.20. The molecule has 0 radical (unpaired) electrons. The number of morpholine rings is 1. The Hall–Kier alpha value is -2.65. The first kappa shape index (κ1) is 23.0. The SMILES string of the molecule is COc1ccc(CN(C)C(=NCc2nnc(C)n2C)NCCCN2CCOCC2)cc1. The molecule has 0 atom stereocenters. The van der Waals surface area contributed by atoms with Crippen molar-refractivity contribution in [1.82, 2.24) is 29.9 Å². The maximum Gasteiger partial charge on any atom is 0.194 e. The Morgan fingerprint density at radius 2 is 1.97 bits per heavy atom. The number of aryl methyl sites for hydroxylation is 1. The first-order valence-corrected chi connectivity index (χ1v) is 10.8. The molecule has 3 rings (SSSR count). The molecule has 31 heavy (non-hydrogen) atoms. The van der Waals surface area contributed by atoms with Crippen molar-refractivity contribution in [3.05, 3.63) is 41.5 Å². The largest absolute Gasteiger partial charge is 0.497 e. The number of hydrogen-bond acceptors (Lipinski definition) is 6. The minimum absolute atomic E-state index is 0.482. The van der Waals surface area contributed by atoms with Crippen LogP contribution in [0.4, 0.5) is 0 Å². The second-order valence-corrected chi connectivity index (χ2v) is 7.80. The van der Waals surface area contributed by atoms with Gasteiger partial charge in [0.1, 0.15) is 18.1 Å². The van der Waals surface area contributed by atoms with Crippen LogP contribution in [0.2, 0.25) is 0 Å². The zero-order chi connectivity index (χ0) is 22.1. The van der Waals surface area contributed by atoms with Gasteiger partial charge in [0.2, 0.25) is 0 Å². The molecule has 1 aromatic carbocycles. The van der Waals surface area contributed by atoms with Crippen LogP contribution in [0.1, 0.15) is 23.6 Å². The predicted molar refractivity (Wildman–Crippen MR) is 121 cm³/mol. The fourth-order valence-electron chi connectivity index (χ4n) is 3.45. The van der Waals surface area contributed by atoms with Gasteiger partial charge in [-0.05, 0) is 37.6 Å². The van der Waals surface area contributed by atoms with Crippen LogP contribution in [0.25, 0.3) is 0 Å². The van der Waals surface area contributed by atoms with Crippen molar-refractivity contribution in [1.29, 1.82) is 0 Å². The van der Waals surface area contributed by atoms with Crippen molar-refractivity contribution in [2.75, 3.05) is 53.6 Å². The highest BCUT2D eigenvalue weighted by Gasteiger charge is 2.12. The van der Waals surface area contributed by atoms with Crippen LogP contribution in [-0.2, 0) is 24.9 Å². The summed E-state index contributed by atoms with van der Waals surface area (Å²) in [6.45, 7) is 8.81. The molecule has 0 bridgehead atoms. The zero-order valence-electron chi connectivity index (χ0n) is 19.2. The van der Waals surface area contributed by atoms with E-state index in [0.717, 1.165) is 75.7 Å². The number of hydrogen-bond donors (Lipinski definition) is 1. The number of nitrogens with zero attached hydrogens (tertiary/aromatic N) is 6. The lowest BCUT2D eigenvalue weighted by atomic mass is 10.2. The van der Waals surface area contributed by atoms with Gasteiger partial charge in [0.05, 0.1) is 20.3 Å². The Labute approximate surface area is 185 Å². The van der Waals surface area contributed by atoms with E-state index in [2.05, 4.69) is 44.5 Å². The van der Waals surface area contributed by atoms with Crippen LogP contribution >= 0.6 is 0 Å². The molecule has 0 amide bonds. The summed E-state index contributed by atoms with van der Waals surface area (Å²) in [6, 6.07) is 8.13. The van der Waals surface area contributed by atoms with Crippen LogP contribution in [0, 0.1) is 6.92 Å². The Bertz CT molecular complexity index is 829.